The molecular weight excluding hydrogens is 302 g/mol. The van der Waals surface area contributed by atoms with E-state index < -0.39 is 0 Å². The summed E-state index contributed by atoms with van der Waals surface area (Å²) >= 11 is 0. The van der Waals surface area contributed by atoms with Crippen molar-refractivity contribution in [2.45, 2.75) is 142 Å². The molecule has 1 aliphatic rings. The van der Waals surface area contributed by atoms with Gasteiger partial charge in [0.2, 0.25) is 0 Å². The van der Waals surface area contributed by atoms with Crippen LogP contribution in [-0.2, 0) is 0 Å². The minimum absolute atomic E-state index is 0.425. The molecule has 2 atom stereocenters. The number of nitrogens with one attached hydrogen (secondary N) is 1. The van der Waals surface area contributed by atoms with Gasteiger partial charge in [-0.25, -0.2) is 0 Å². The van der Waals surface area contributed by atoms with Gasteiger partial charge in [0.1, 0.15) is 0 Å². The standard InChI is InChI=1S/C24H49N/c1-4-5-6-7-8-9-10-11-12-13-14-15-16-19-22-25-24(3)21-18-17-20-23(24)2/h23,25H,4-22H2,1-3H3. The Labute approximate surface area is 160 Å². The van der Waals surface area contributed by atoms with Crippen LogP contribution in [0.3, 0.4) is 0 Å². The quantitative estimate of drug-likeness (QED) is 0.277. The fraction of sp³-hybridized carbons (Fsp3) is 1.00. The zero-order valence-corrected chi connectivity index (χ0v) is 18.0. The monoisotopic (exact) mass is 351 g/mol. The van der Waals surface area contributed by atoms with Crippen LogP contribution in [0.5, 0.6) is 0 Å². The molecule has 0 aromatic rings. The smallest absolute Gasteiger partial charge is 0.0178 e. The van der Waals surface area contributed by atoms with Gasteiger partial charge in [0.05, 0.1) is 0 Å². The van der Waals surface area contributed by atoms with E-state index in [1.165, 1.54) is 122 Å². The molecule has 0 spiro atoms. The summed E-state index contributed by atoms with van der Waals surface area (Å²) in [7, 11) is 0. The van der Waals surface area contributed by atoms with Gasteiger partial charge in [0, 0.05) is 5.54 Å². The molecule has 0 radical (unpaired) electrons. The maximum atomic E-state index is 3.89. The van der Waals surface area contributed by atoms with Crippen LogP contribution in [0.25, 0.3) is 0 Å². The van der Waals surface area contributed by atoms with E-state index in [4.69, 9.17) is 0 Å². The molecule has 1 saturated carbocycles. The highest BCUT2D eigenvalue weighted by molar-refractivity contribution is 4.91. The predicted molar refractivity (Wildman–Crippen MR) is 114 cm³/mol. The van der Waals surface area contributed by atoms with Gasteiger partial charge in [0.25, 0.3) is 0 Å². The fourth-order valence-electron chi connectivity index (χ4n) is 4.46. The second kappa shape index (κ2) is 15.1. The molecule has 1 heteroatoms. The first-order valence-corrected chi connectivity index (χ1v) is 11.9. The zero-order valence-electron chi connectivity index (χ0n) is 18.0. The van der Waals surface area contributed by atoms with Gasteiger partial charge in [-0.3, -0.25) is 0 Å². The maximum absolute atomic E-state index is 3.89. The van der Waals surface area contributed by atoms with Crippen LogP contribution in [0, 0.1) is 5.92 Å². The largest absolute Gasteiger partial charge is 0.311 e. The second-order valence-corrected chi connectivity index (χ2v) is 9.09. The normalized spacial score (nSPS) is 23.9. The van der Waals surface area contributed by atoms with Gasteiger partial charge in [-0.05, 0) is 38.6 Å². The third-order valence-corrected chi connectivity index (χ3v) is 6.73. The summed E-state index contributed by atoms with van der Waals surface area (Å²) in [5, 5.41) is 3.89. The molecule has 2 unspecified atom stereocenters. The van der Waals surface area contributed by atoms with Gasteiger partial charge < -0.3 is 5.32 Å². The van der Waals surface area contributed by atoms with Crippen LogP contribution < -0.4 is 5.32 Å². The molecule has 1 nitrogen and oxygen atoms in total. The van der Waals surface area contributed by atoms with Gasteiger partial charge in [0.15, 0.2) is 0 Å². The summed E-state index contributed by atoms with van der Waals surface area (Å²) in [6.07, 6.45) is 26.0. The molecule has 0 saturated heterocycles. The van der Waals surface area contributed by atoms with Crippen molar-refractivity contribution in [3.8, 4) is 0 Å². The molecule has 0 aromatic heterocycles. The lowest BCUT2D eigenvalue weighted by atomic mass is 9.75. The van der Waals surface area contributed by atoms with E-state index in [9.17, 15) is 0 Å². The van der Waals surface area contributed by atoms with Crippen molar-refractivity contribution in [3.63, 3.8) is 0 Å². The number of rotatable bonds is 16. The highest BCUT2D eigenvalue weighted by Gasteiger charge is 2.32. The summed E-state index contributed by atoms with van der Waals surface area (Å²) in [4.78, 5) is 0. The van der Waals surface area contributed by atoms with Crippen molar-refractivity contribution in [3.05, 3.63) is 0 Å². The molecule has 0 bridgehead atoms. The molecule has 0 aliphatic heterocycles. The van der Waals surface area contributed by atoms with E-state index in [2.05, 4.69) is 26.1 Å². The predicted octanol–water partition coefficient (Wildman–Crippen LogP) is 8.03. The molecule has 150 valence electrons. The van der Waals surface area contributed by atoms with Crippen molar-refractivity contribution in [1.29, 1.82) is 0 Å². The summed E-state index contributed by atoms with van der Waals surface area (Å²) in [5.41, 5.74) is 0.425. The molecular formula is C24H49N. The summed E-state index contributed by atoms with van der Waals surface area (Å²) in [6, 6.07) is 0. The molecule has 0 heterocycles. The maximum Gasteiger partial charge on any atom is 0.0178 e. The van der Waals surface area contributed by atoms with E-state index in [0.717, 1.165) is 5.92 Å². The summed E-state index contributed by atoms with van der Waals surface area (Å²) < 4.78 is 0. The van der Waals surface area contributed by atoms with Gasteiger partial charge >= 0.3 is 0 Å². The fourth-order valence-corrected chi connectivity index (χ4v) is 4.46. The van der Waals surface area contributed by atoms with Crippen molar-refractivity contribution in [1.82, 2.24) is 5.32 Å². The first-order valence-electron chi connectivity index (χ1n) is 11.9. The minimum Gasteiger partial charge on any atom is -0.311 e. The van der Waals surface area contributed by atoms with Crippen LogP contribution in [-0.4, -0.2) is 12.1 Å². The molecule has 25 heavy (non-hydrogen) atoms. The Kier molecular flexibility index (Phi) is 13.9. The topological polar surface area (TPSA) is 12.0 Å². The van der Waals surface area contributed by atoms with E-state index in [1.54, 1.807) is 0 Å². The Morgan fingerprint density at radius 2 is 1.20 bits per heavy atom. The molecule has 1 aliphatic carbocycles. The summed E-state index contributed by atoms with van der Waals surface area (Å²) in [5.74, 6) is 0.855. The molecule has 1 N–H and O–H groups in total. The molecule has 1 rings (SSSR count). The Hall–Kier alpha value is -0.0400. The van der Waals surface area contributed by atoms with Crippen LogP contribution in [0.4, 0.5) is 0 Å². The molecule has 0 amide bonds. The second-order valence-electron chi connectivity index (χ2n) is 9.09. The van der Waals surface area contributed by atoms with Gasteiger partial charge in [-0.1, -0.05) is 110 Å². The van der Waals surface area contributed by atoms with Gasteiger partial charge in [-0.15, -0.1) is 0 Å². The van der Waals surface area contributed by atoms with E-state index >= 15 is 0 Å². The molecule has 1 fully saturated rings. The van der Waals surface area contributed by atoms with Crippen LogP contribution >= 0.6 is 0 Å². The Bertz CT molecular complexity index is 288. The lowest BCUT2D eigenvalue weighted by molar-refractivity contribution is 0.173. The minimum atomic E-state index is 0.425. The van der Waals surface area contributed by atoms with Crippen molar-refractivity contribution in [2.75, 3.05) is 6.54 Å². The Balaban J connectivity index is 1.79. The SMILES string of the molecule is CCCCCCCCCCCCCCCCNC1(C)CCCCC1C. The van der Waals surface area contributed by atoms with Crippen molar-refractivity contribution >= 4 is 0 Å². The van der Waals surface area contributed by atoms with Crippen molar-refractivity contribution < 1.29 is 0 Å². The van der Waals surface area contributed by atoms with Crippen LogP contribution in [0.15, 0.2) is 0 Å². The zero-order chi connectivity index (χ0) is 18.2. The van der Waals surface area contributed by atoms with E-state index in [0.29, 0.717) is 5.54 Å². The lowest BCUT2D eigenvalue weighted by Gasteiger charge is -2.40. The number of hydrogen-bond acceptors (Lipinski definition) is 1. The first kappa shape index (κ1) is 23.0. The van der Waals surface area contributed by atoms with E-state index in [-0.39, 0.29) is 0 Å². The number of hydrogen-bond donors (Lipinski definition) is 1. The highest BCUT2D eigenvalue weighted by atomic mass is 15.0. The Morgan fingerprint density at radius 3 is 1.68 bits per heavy atom. The van der Waals surface area contributed by atoms with Crippen LogP contribution in [0.2, 0.25) is 0 Å². The molecule has 0 aromatic carbocycles. The average molecular weight is 352 g/mol. The Morgan fingerprint density at radius 1 is 0.720 bits per heavy atom. The van der Waals surface area contributed by atoms with Gasteiger partial charge in [-0.2, -0.15) is 0 Å². The summed E-state index contributed by atoms with van der Waals surface area (Å²) in [6.45, 7) is 8.44. The first-order chi connectivity index (χ1) is 12.2. The number of unbranched alkanes of at least 4 members (excludes halogenated alkanes) is 13. The van der Waals surface area contributed by atoms with Crippen molar-refractivity contribution in [2.24, 2.45) is 5.92 Å². The highest BCUT2D eigenvalue weighted by Crippen LogP contribution is 2.33. The van der Waals surface area contributed by atoms with E-state index in [1.807, 2.05) is 0 Å². The third kappa shape index (κ3) is 11.3. The average Bonchev–Trinajstić information content (AvgIpc) is 2.61. The van der Waals surface area contributed by atoms with Crippen LogP contribution in [0.1, 0.15) is 136 Å². The lowest BCUT2D eigenvalue weighted by Crippen LogP contribution is -2.49. The third-order valence-electron chi connectivity index (χ3n) is 6.73.